The van der Waals surface area contributed by atoms with Crippen LogP contribution in [0.2, 0.25) is 0 Å². The van der Waals surface area contributed by atoms with Gasteiger partial charge in [0, 0.05) is 30.0 Å². The summed E-state index contributed by atoms with van der Waals surface area (Å²) < 4.78 is 16.5. The van der Waals surface area contributed by atoms with E-state index in [2.05, 4.69) is 5.32 Å². The van der Waals surface area contributed by atoms with Crippen LogP contribution in [0.3, 0.4) is 0 Å². The summed E-state index contributed by atoms with van der Waals surface area (Å²) in [6, 6.07) is 10.5. The molecule has 158 valence electrons. The Hall–Kier alpha value is -3.81. The molecule has 3 N–H and O–H groups in total. The number of furan rings is 1. The summed E-state index contributed by atoms with van der Waals surface area (Å²) in [7, 11) is 0. The average Bonchev–Trinajstić information content (AvgIpc) is 3.36. The Morgan fingerprint density at radius 1 is 1.23 bits per heavy atom. The van der Waals surface area contributed by atoms with Gasteiger partial charge in [0.05, 0.1) is 18.4 Å². The Morgan fingerprint density at radius 3 is 2.77 bits per heavy atom. The molecule has 31 heavy (non-hydrogen) atoms. The van der Waals surface area contributed by atoms with Crippen molar-refractivity contribution in [2.75, 3.05) is 11.9 Å². The van der Waals surface area contributed by atoms with Crippen molar-refractivity contribution in [3.63, 3.8) is 0 Å². The lowest BCUT2D eigenvalue weighted by Crippen LogP contribution is -2.49. The first-order valence-electron chi connectivity index (χ1n) is 10.0. The first-order valence-corrected chi connectivity index (χ1v) is 10.0. The molecule has 2 aliphatic heterocycles. The Labute approximate surface area is 177 Å². The fourth-order valence-electron chi connectivity index (χ4n) is 4.82. The van der Waals surface area contributed by atoms with Gasteiger partial charge in [-0.2, -0.15) is 0 Å². The lowest BCUT2D eigenvalue weighted by Gasteiger charge is -2.39. The second-order valence-corrected chi connectivity index (χ2v) is 7.65. The fraction of sp³-hybridized carbons (Fsp3) is 0.261. The predicted molar refractivity (Wildman–Crippen MR) is 108 cm³/mol. The third kappa shape index (κ3) is 2.57. The highest BCUT2D eigenvalue weighted by atomic mass is 16.5. The van der Waals surface area contributed by atoms with Crippen LogP contribution in [0.15, 0.2) is 69.9 Å². The summed E-state index contributed by atoms with van der Waals surface area (Å²) in [6.45, 7) is 1.73. The zero-order valence-corrected chi connectivity index (χ0v) is 16.8. The maximum atomic E-state index is 13.5. The highest BCUT2D eigenvalue weighted by Crippen LogP contribution is 2.55. The number of nitrogens with two attached hydrogens (primary N) is 1. The number of hydrogen-bond acceptors (Lipinski definition) is 7. The monoisotopic (exact) mass is 420 g/mol. The molecule has 0 saturated carbocycles. The van der Waals surface area contributed by atoms with Crippen LogP contribution in [0.5, 0.6) is 0 Å². The van der Waals surface area contributed by atoms with Crippen molar-refractivity contribution < 1.29 is 28.3 Å². The van der Waals surface area contributed by atoms with E-state index in [4.69, 9.17) is 19.6 Å². The lowest BCUT2D eigenvalue weighted by molar-refractivity contribution is -0.141. The SMILES string of the molecule is CCOC(=O)C1=C(N)OC2=C(C(=O)C[C@@H](c3ccco3)C2)[C@@]12C(=O)Nc1ccccc12. The number of allylic oxidation sites excluding steroid dienone is 1. The summed E-state index contributed by atoms with van der Waals surface area (Å²) >= 11 is 0. The molecule has 1 aliphatic carbocycles. The van der Waals surface area contributed by atoms with Crippen molar-refractivity contribution >= 4 is 23.3 Å². The number of benzene rings is 1. The molecule has 3 heterocycles. The number of esters is 1. The summed E-state index contributed by atoms with van der Waals surface area (Å²) in [5.41, 5.74) is 5.45. The third-order valence-corrected chi connectivity index (χ3v) is 6.00. The molecule has 0 fully saturated rings. The van der Waals surface area contributed by atoms with Gasteiger partial charge in [-0.3, -0.25) is 9.59 Å². The molecule has 1 aromatic carbocycles. The molecular weight excluding hydrogens is 400 g/mol. The minimum Gasteiger partial charge on any atom is -0.469 e. The Kier molecular flexibility index (Phi) is 4.25. The van der Waals surface area contributed by atoms with Crippen molar-refractivity contribution in [1.82, 2.24) is 0 Å². The number of fused-ring (bicyclic) bond motifs is 3. The molecule has 2 aromatic rings. The number of para-hydroxylation sites is 1. The summed E-state index contributed by atoms with van der Waals surface area (Å²) in [5.74, 6) is -1.20. The van der Waals surface area contributed by atoms with Gasteiger partial charge in [-0.15, -0.1) is 0 Å². The number of anilines is 1. The van der Waals surface area contributed by atoms with Crippen LogP contribution in [-0.4, -0.2) is 24.3 Å². The van der Waals surface area contributed by atoms with Crippen LogP contribution < -0.4 is 11.1 Å². The van der Waals surface area contributed by atoms with E-state index in [1.54, 1.807) is 49.6 Å². The highest BCUT2D eigenvalue weighted by molar-refractivity contribution is 6.22. The van der Waals surface area contributed by atoms with Gasteiger partial charge in [0.2, 0.25) is 11.8 Å². The van der Waals surface area contributed by atoms with E-state index >= 15 is 0 Å². The van der Waals surface area contributed by atoms with Crippen LogP contribution in [0.25, 0.3) is 0 Å². The number of hydrogen-bond donors (Lipinski definition) is 2. The normalized spacial score (nSPS) is 24.6. The minimum atomic E-state index is -1.72. The van der Waals surface area contributed by atoms with Crippen LogP contribution in [0.1, 0.15) is 37.0 Å². The number of rotatable bonds is 3. The number of amides is 1. The number of nitrogens with one attached hydrogen (secondary N) is 1. The number of ether oxygens (including phenoxy) is 2. The number of carbonyl (C=O) groups excluding carboxylic acids is 3. The van der Waals surface area contributed by atoms with Crippen molar-refractivity contribution in [2.45, 2.75) is 31.1 Å². The zero-order chi connectivity index (χ0) is 21.8. The Morgan fingerprint density at radius 2 is 2.03 bits per heavy atom. The molecule has 1 amide bonds. The van der Waals surface area contributed by atoms with Crippen LogP contribution in [0, 0.1) is 0 Å². The first-order chi connectivity index (χ1) is 15.0. The van der Waals surface area contributed by atoms with E-state index in [-0.39, 0.29) is 47.5 Å². The van der Waals surface area contributed by atoms with E-state index in [1.807, 2.05) is 0 Å². The van der Waals surface area contributed by atoms with Gasteiger partial charge < -0.3 is 24.9 Å². The maximum absolute atomic E-state index is 13.5. The molecular formula is C23H20N2O6. The van der Waals surface area contributed by atoms with Crippen LogP contribution >= 0.6 is 0 Å². The van der Waals surface area contributed by atoms with E-state index in [0.29, 0.717) is 23.4 Å². The summed E-state index contributed by atoms with van der Waals surface area (Å²) in [5, 5.41) is 2.80. The fourth-order valence-corrected chi connectivity index (χ4v) is 4.82. The molecule has 0 saturated heterocycles. The van der Waals surface area contributed by atoms with Gasteiger partial charge in [-0.05, 0) is 25.1 Å². The first kappa shape index (κ1) is 19.2. The zero-order valence-electron chi connectivity index (χ0n) is 16.8. The Bertz CT molecular complexity index is 1180. The second-order valence-electron chi connectivity index (χ2n) is 7.65. The molecule has 3 aliphatic rings. The summed E-state index contributed by atoms with van der Waals surface area (Å²) in [4.78, 5) is 40.0. The molecule has 1 spiro atoms. The number of carbonyl (C=O) groups is 3. The maximum Gasteiger partial charge on any atom is 0.341 e. The van der Waals surface area contributed by atoms with Crippen molar-refractivity contribution in [3.05, 3.63) is 76.8 Å². The molecule has 1 aromatic heterocycles. The van der Waals surface area contributed by atoms with Crippen molar-refractivity contribution in [1.29, 1.82) is 0 Å². The predicted octanol–water partition coefficient (Wildman–Crippen LogP) is 2.63. The van der Waals surface area contributed by atoms with Gasteiger partial charge in [-0.25, -0.2) is 4.79 Å². The van der Waals surface area contributed by atoms with Crippen molar-refractivity contribution in [2.24, 2.45) is 5.73 Å². The quantitative estimate of drug-likeness (QED) is 0.732. The summed E-state index contributed by atoms with van der Waals surface area (Å²) in [6.07, 6.45) is 1.96. The number of Topliss-reactive ketones (excluding diaryl/α,β-unsaturated/α-hetero) is 1. The smallest absolute Gasteiger partial charge is 0.341 e. The van der Waals surface area contributed by atoms with E-state index in [0.717, 1.165) is 0 Å². The lowest BCUT2D eigenvalue weighted by atomic mass is 9.63. The minimum absolute atomic E-state index is 0.0787. The molecule has 5 rings (SSSR count). The molecule has 2 atom stereocenters. The molecule has 0 radical (unpaired) electrons. The second kappa shape index (κ2) is 6.87. The molecule has 0 bridgehead atoms. The molecule has 8 heteroatoms. The average molecular weight is 420 g/mol. The van der Waals surface area contributed by atoms with Gasteiger partial charge in [0.1, 0.15) is 22.5 Å². The standard InChI is InChI=1S/C23H20N2O6/c1-2-29-21(27)19-20(24)31-17-11-12(16-8-5-9-30-16)10-15(26)18(17)23(19)13-6-3-4-7-14(13)25-22(23)28/h3-9,12H,2,10-11,24H2,1H3,(H,25,28)/t12-,23-/m1/s1. The largest absolute Gasteiger partial charge is 0.469 e. The van der Waals surface area contributed by atoms with E-state index in [9.17, 15) is 14.4 Å². The van der Waals surface area contributed by atoms with Crippen LogP contribution in [0.4, 0.5) is 5.69 Å². The van der Waals surface area contributed by atoms with E-state index in [1.165, 1.54) is 0 Å². The molecule has 0 unspecified atom stereocenters. The van der Waals surface area contributed by atoms with Crippen LogP contribution in [-0.2, 0) is 29.3 Å². The third-order valence-electron chi connectivity index (χ3n) is 6.00. The number of ketones is 1. The van der Waals surface area contributed by atoms with Gasteiger partial charge in [0.25, 0.3) is 0 Å². The van der Waals surface area contributed by atoms with Gasteiger partial charge >= 0.3 is 5.97 Å². The van der Waals surface area contributed by atoms with Gasteiger partial charge in [0.15, 0.2) is 5.78 Å². The van der Waals surface area contributed by atoms with Crippen molar-refractivity contribution in [3.8, 4) is 0 Å². The molecule has 8 nitrogen and oxygen atoms in total. The highest BCUT2D eigenvalue weighted by Gasteiger charge is 2.62. The van der Waals surface area contributed by atoms with E-state index < -0.39 is 17.3 Å². The van der Waals surface area contributed by atoms with Gasteiger partial charge in [-0.1, -0.05) is 18.2 Å². The Balaban J connectivity index is 1.75. The topological polar surface area (TPSA) is 121 Å².